The fraction of sp³-hybridized carbons (Fsp3) is 0.235. The Balaban J connectivity index is 1.68. The topological polar surface area (TPSA) is 34.8 Å². The third kappa shape index (κ3) is 3.41. The summed E-state index contributed by atoms with van der Waals surface area (Å²) in [5.41, 5.74) is 3.45. The Hall–Kier alpha value is -2.33. The molecule has 0 saturated carbocycles. The van der Waals surface area contributed by atoms with E-state index in [-0.39, 0.29) is 0 Å². The molecule has 1 aromatic carbocycles. The van der Waals surface area contributed by atoms with Gasteiger partial charge in [0.25, 0.3) is 0 Å². The number of aromatic nitrogens is 3. The molecule has 4 heteroatoms. The van der Waals surface area contributed by atoms with Crippen molar-refractivity contribution in [3.8, 4) is 5.69 Å². The number of nitrogens with zero attached hydrogens (tertiary/aromatic N) is 3. The smallest absolute Gasteiger partial charge is 0.0826 e. The van der Waals surface area contributed by atoms with Crippen LogP contribution in [0.15, 0.2) is 61.1 Å². The standard InChI is InChI=1S/C17H20N4/c1-2-18-12-15-8-10-20(13-15)14-16-9-11-21(19-16)17-6-4-3-5-7-17/h3-11,13,18H,2,12,14H2,1H3. The Bertz CT molecular complexity index is 682. The minimum atomic E-state index is 0.798. The molecule has 0 atom stereocenters. The summed E-state index contributed by atoms with van der Waals surface area (Å²) in [5.74, 6) is 0. The fourth-order valence-electron chi connectivity index (χ4n) is 2.32. The summed E-state index contributed by atoms with van der Waals surface area (Å²) in [6.45, 7) is 4.83. The molecule has 2 aromatic heterocycles. The first-order chi connectivity index (χ1) is 10.3. The van der Waals surface area contributed by atoms with Crippen LogP contribution in [0.25, 0.3) is 5.69 Å². The van der Waals surface area contributed by atoms with Gasteiger partial charge in [0.15, 0.2) is 0 Å². The van der Waals surface area contributed by atoms with Crippen molar-refractivity contribution in [3.63, 3.8) is 0 Å². The summed E-state index contributed by atoms with van der Waals surface area (Å²) in [4.78, 5) is 0. The van der Waals surface area contributed by atoms with Crippen molar-refractivity contribution < 1.29 is 0 Å². The molecule has 3 rings (SSSR count). The summed E-state index contributed by atoms with van der Waals surface area (Å²) in [5, 5.41) is 7.96. The van der Waals surface area contributed by atoms with Gasteiger partial charge in [-0.15, -0.1) is 0 Å². The van der Waals surface area contributed by atoms with Crippen LogP contribution >= 0.6 is 0 Å². The van der Waals surface area contributed by atoms with Gasteiger partial charge in [0.05, 0.1) is 17.9 Å². The molecule has 0 aliphatic heterocycles. The van der Waals surface area contributed by atoms with Gasteiger partial charge in [0.2, 0.25) is 0 Å². The van der Waals surface area contributed by atoms with Gasteiger partial charge in [-0.05, 0) is 36.4 Å². The maximum atomic E-state index is 4.63. The summed E-state index contributed by atoms with van der Waals surface area (Å²) in [6, 6.07) is 14.4. The molecule has 1 N–H and O–H groups in total. The number of para-hydroxylation sites is 1. The molecule has 0 bridgehead atoms. The zero-order chi connectivity index (χ0) is 14.5. The number of hydrogen-bond donors (Lipinski definition) is 1. The van der Waals surface area contributed by atoms with Crippen LogP contribution in [0.3, 0.4) is 0 Å². The normalized spacial score (nSPS) is 10.9. The molecule has 0 spiro atoms. The van der Waals surface area contributed by atoms with Gasteiger partial charge in [-0.2, -0.15) is 5.10 Å². The van der Waals surface area contributed by atoms with E-state index in [1.807, 2.05) is 29.1 Å². The molecule has 108 valence electrons. The number of benzene rings is 1. The lowest BCUT2D eigenvalue weighted by Crippen LogP contribution is -2.11. The van der Waals surface area contributed by atoms with Crippen LogP contribution < -0.4 is 5.32 Å². The van der Waals surface area contributed by atoms with Crippen molar-refractivity contribution in [1.29, 1.82) is 0 Å². The van der Waals surface area contributed by atoms with Crippen molar-refractivity contribution in [3.05, 3.63) is 72.3 Å². The van der Waals surface area contributed by atoms with E-state index in [0.717, 1.165) is 31.0 Å². The van der Waals surface area contributed by atoms with Crippen LogP contribution in [-0.4, -0.2) is 20.9 Å². The molecule has 0 unspecified atom stereocenters. The lowest BCUT2D eigenvalue weighted by atomic mass is 10.3. The number of rotatable bonds is 6. The van der Waals surface area contributed by atoms with Crippen molar-refractivity contribution in [1.82, 2.24) is 19.7 Å². The van der Waals surface area contributed by atoms with Gasteiger partial charge < -0.3 is 9.88 Å². The van der Waals surface area contributed by atoms with Crippen LogP contribution in [0, 0.1) is 0 Å². The van der Waals surface area contributed by atoms with Gasteiger partial charge in [0.1, 0.15) is 0 Å². The second kappa shape index (κ2) is 6.41. The maximum Gasteiger partial charge on any atom is 0.0826 e. The molecule has 4 nitrogen and oxygen atoms in total. The van der Waals surface area contributed by atoms with E-state index in [0.29, 0.717) is 0 Å². The van der Waals surface area contributed by atoms with E-state index in [9.17, 15) is 0 Å². The molecular weight excluding hydrogens is 260 g/mol. The molecule has 0 aliphatic carbocycles. The van der Waals surface area contributed by atoms with E-state index in [4.69, 9.17) is 0 Å². The predicted molar refractivity (Wildman–Crippen MR) is 84.5 cm³/mol. The Morgan fingerprint density at radius 3 is 2.71 bits per heavy atom. The minimum absolute atomic E-state index is 0.798. The van der Waals surface area contributed by atoms with Crippen LogP contribution in [-0.2, 0) is 13.1 Å². The number of nitrogens with one attached hydrogen (secondary N) is 1. The van der Waals surface area contributed by atoms with Gasteiger partial charge in [0, 0.05) is 25.1 Å². The minimum Gasteiger partial charge on any atom is -0.348 e. The molecular formula is C17H20N4. The highest BCUT2D eigenvalue weighted by molar-refractivity contribution is 5.30. The van der Waals surface area contributed by atoms with Crippen molar-refractivity contribution in [2.45, 2.75) is 20.0 Å². The van der Waals surface area contributed by atoms with E-state index in [1.54, 1.807) is 0 Å². The number of hydrogen-bond acceptors (Lipinski definition) is 2. The lowest BCUT2D eigenvalue weighted by molar-refractivity contribution is 0.716. The van der Waals surface area contributed by atoms with Gasteiger partial charge >= 0.3 is 0 Å². The molecule has 21 heavy (non-hydrogen) atoms. The Kier molecular flexibility index (Phi) is 4.17. The van der Waals surface area contributed by atoms with Crippen LogP contribution in [0.2, 0.25) is 0 Å². The zero-order valence-corrected chi connectivity index (χ0v) is 12.2. The van der Waals surface area contributed by atoms with E-state index in [1.165, 1.54) is 5.56 Å². The molecule has 0 amide bonds. The van der Waals surface area contributed by atoms with E-state index >= 15 is 0 Å². The largest absolute Gasteiger partial charge is 0.348 e. The lowest BCUT2D eigenvalue weighted by Gasteiger charge is -2.01. The monoisotopic (exact) mass is 280 g/mol. The van der Waals surface area contributed by atoms with Crippen molar-refractivity contribution >= 4 is 0 Å². The highest BCUT2D eigenvalue weighted by atomic mass is 15.3. The fourth-order valence-corrected chi connectivity index (χ4v) is 2.32. The zero-order valence-electron chi connectivity index (χ0n) is 12.2. The SMILES string of the molecule is CCNCc1ccn(Cc2ccn(-c3ccccc3)n2)c1. The van der Waals surface area contributed by atoms with Crippen LogP contribution in [0.1, 0.15) is 18.2 Å². The second-order valence-electron chi connectivity index (χ2n) is 5.06. The summed E-state index contributed by atoms with van der Waals surface area (Å²) >= 11 is 0. The highest BCUT2D eigenvalue weighted by Gasteiger charge is 2.03. The molecule has 0 aliphatic rings. The Morgan fingerprint density at radius 2 is 1.90 bits per heavy atom. The van der Waals surface area contributed by atoms with Crippen molar-refractivity contribution in [2.24, 2.45) is 0 Å². The predicted octanol–water partition coefficient (Wildman–Crippen LogP) is 2.83. The average molecular weight is 280 g/mol. The van der Waals surface area contributed by atoms with E-state index in [2.05, 4.69) is 58.6 Å². The second-order valence-corrected chi connectivity index (χ2v) is 5.06. The Labute approximate surface area is 125 Å². The molecule has 0 radical (unpaired) electrons. The highest BCUT2D eigenvalue weighted by Crippen LogP contribution is 2.09. The van der Waals surface area contributed by atoms with Gasteiger partial charge in [-0.3, -0.25) is 0 Å². The first kappa shape index (κ1) is 13.6. The molecule has 0 fully saturated rings. The first-order valence-corrected chi connectivity index (χ1v) is 7.30. The summed E-state index contributed by atoms with van der Waals surface area (Å²) in [7, 11) is 0. The quantitative estimate of drug-likeness (QED) is 0.753. The Morgan fingerprint density at radius 1 is 1.05 bits per heavy atom. The maximum absolute atomic E-state index is 4.63. The molecule has 2 heterocycles. The average Bonchev–Trinajstić information content (AvgIpc) is 3.16. The van der Waals surface area contributed by atoms with E-state index < -0.39 is 0 Å². The van der Waals surface area contributed by atoms with Crippen molar-refractivity contribution in [2.75, 3.05) is 6.54 Å². The molecule has 0 saturated heterocycles. The summed E-state index contributed by atoms with van der Waals surface area (Å²) < 4.78 is 4.09. The third-order valence-corrected chi connectivity index (χ3v) is 3.40. The van der Waals surface area contributed by atoms with Crippen LogP contribution in [0.4, 0.5) is 0 Å². The van der Waals surface area contributed by atoms with Gasteiger partial charge in [-0.25, -0.2) is 4.68 Å². The molecule has 3 aromatic rings. The van der Waals surface area contributed by atoms with Gasteiger partial charge in [-0.1, -0.05) is 25.1 Å². The third-order valence-electron chi connectivity index (χ3n) is 3.40. The van der Waals surface area contributed by atoms with Crippen LogP contribution in [0.5, 0.6) is 0 Å². The summed E-state index contributed by atoms with van der Waals surface area (Å²) in [6.07, 6.45) is 6.28. The first-order valence-electron chi connectivity index (χ1n) is 7.30.